The van der Waals surface area contributed by atoms with E-state index in [0.29, 0.717) is 0 Å². The molecule has 1 aliphatic rings. The smallest absolute Gasteiger partial charge is 0.0608 e. The van der Waals surface area contributed by atoms with Crippen LogP contribution in [0.15, 0.2) is 0 Å². The van der Waals surface area contributed by atoms with Gasteiger partial charge in [0.25, 0.3) is 0 Å². The summed E-state index contributed by atoms with van der Waals surface area (Å²) in [5, 5.41) is 9.07. The van der Waals surface area contributed by atoms with E-state index in [2.05, 4.69) is 11.8 Å². The van der Waals surface area contributed by atoms with Gasteiger partial charge in [-0.15, -0.1) is 0 Å². The minimum absolute atomic E-state index is 0.0873. The fraction of sp³-hybridized carbons (Fsp3) is 1.00. The van der Waals surface area contributed by atoms with Gasteiger partial charge in [0, 0.05) is 5.54 Å². The summed E-state index contributed by atoms with van der Waals surface area (Å²) in [6.45, 7) is 7.99. The van der Waals surface area contributed by atoms with Gasteiger partial charge in [0.1, 0.15) is 0 Å². The van der Waals surface area contributed by atoms with E-state index in [4.69, 9.17) is 10.8 Å². The number of nitrogens with zero attached hydrogens (tertiary/aromatic N) is 1. The van der Waals surface area contributed by atoms with Crippen molar-refractivity contribution < 1.29 is 5.11 Å². The predicted octanol–water partition coefficient (Wildman–Crippen LogP) is 1.60. The molecule has 0 aromatic rings. The molecule has 3 N–H and O–H groups in total. The Bertz CT molecular complexity index is 194. The summed E-state index contributed by atoms with van der Waals surface area (Å²) >= 11 is 0. The number of aliphatic hydroxyl groups is 1. The van der Waals surface area contributed by atoms with Gasteiger partial charge >= 0.3 is 0 Å². The van der Waals surface area contributed by atoms with E-state index in [-0.39, 0.29) is 12.1 Å². The van der Waals surface area contributed by atoms with E-state index in [1.807, 2.05) is 6.92 Å². The van der Waals surface area contributed by atoms with E-state index in [1.54, 1.807) is 0 Å². The van der Waals surface area contributed by atoms with Crippen LogP contribution in [0.1, 0.15) is 46.0 Å². The van der Waals surface area contributed by atoms with Crippen LogP contribution in [-0.4, -0.2) is 41.8 Å². The highest BCUT2D eigenvalue weighted by atomic mass is 16.3. The molecule has 0 aromatic carbocycles. The predicted molar refractivity (Wildman–Crippen MR) is 68.4 cm³/mol. The van der Waals surface area contributed by atoms with Gasteiger partial charge in [0.05, 0.1) is 6.61 Å². The molecular weight excluding hydrogens is 200 g/mol. The molecule has 0 spiro atoms. The first-order chi connectivity index (χ1) is 7.53. The molecule has 0 aromatic heterocycles. The highest BCUT2D eigenvalue weighted by Gasteiger charge is 2.18. The van der Waals surface area contributed by atoms with Crippen molar-refractivity contribution in [2.45, 2.75) is 51.5 Å². The summed E-state index contributed by atoms with van der Waals surface area (Å²) in [4.78, 5) is 2.55. The molecule has 1 fully saturated rings. The minimum atomic E-state index is -0.390. The van der Waals surface area contributed by atoms with Crippen molar-refractivity contribution in [3.05, 3.63) is 0 Å². The molecule has 1 rings (SSSR count). The third-order valence-electron chi connectivity index (χ3n) is 3.69. The Morgan fingerprint density at radius 2 is 2.12 bits per heavy atom. The largest absolute Gasteiger partial charge is 0.394 e. The van der Waals surface area contributed by atoms with Crippen LogP contribution in [0, 0.1) is 5.92 Å². The summed E-state index contributed by atoms with van der Waals surface area (Å²) < 4.78 is 0. The maximum atomic E-state index is 9.07. The first kappa shape index (κ1) is 13.9. The fourth-order valence-electron chi connectivity index (χ4n) is 2.33. The molecule has 96 valence electrons. The fourth-order valence-corrected chi connectivity index (χ4v) is 2.33. The molecule has 1 aliphatic heterocycles. The van der Waals surface area contributed by atoms with Gasteiger partial charge in [-0.1, -0.05) is 6.92 Å². The first-order valence-electron chi connectivity index (χ1n) is 6.65. The van der Waals surface area contributed by atoms with Crippen molar-refractivity contribution >= 4 is 0 Å². The van der Waals surface area contributed by atoms with Crippen molar-refractivity contribution in [2.75, 3.05) is 26.2 Å². The Morgan fingerprint density at radius 3 is 2.81 bits per heavy atom. The van der Waals surface area contributed by atoms with Crippen LogP contribution in [0.5, 0.6) is 0 Å². The topological polar surface area (TPSA) is 49.5 Å². The maximum absolute atomic E-state index is 9.07. The van der Waals surface area contributed by atoms with E-state index in [0.717, 1.165) is 25.3 Å². The second kappa shape index (κ2) is 6.58. The number of hydrogen-bond donors (Lipinski definition) is 2. The normalized spacial score (nSPS) is 27.4. The summed E-state index contributed by atoms with van der Waals surface area (Å²) in [5.41, 5.74) is 5.53. The molecular formula is C13H28N2O. The monoisotopic (exact) mass is 228 g/mol. The molecule has 1 heterocycles. The second-order valence-corrected chi connectivity index (χ2v) is 5.79. The third kappa shape index (κ3) is 5.28. The Balaban J connectivity index is 2.17. The van der Waals surface area contributed by atoms with E-state index in [9.17, 15) is 0 Å². The van der Waals surface area contributed by atoms with Gasteiger partial charge in [-0.2, -0.15) is 0 Å². The molecule has 0 radical (unpaired) electrons. The molecule has 1 saturated heterocycles. The Hall–Kier alpha value is -0.120. The van der Waals surface area contributed by atoms with Crippen molar-refractivity contribution in [2.24, 2.45) is 11.7 Å². The summed E-state index contributed by atoms with van der Waals surface area (Å²) in [5.74, 6) is 0.891. The molecule has 0 amide bonds. The molecule has 2 atom stereocenters. The number of aliphatic hydroxyl groups excluding tert-OH is 1. The van der Waals surface area contributed by atoms with E-state index >= 15 is 0 Å². The SMILES string of the molecule is CC1CCCN(CCCC(C)(N)CO)CC1. The van der Waals surface area contributed by atoms with E-state index in [1.165, 1.54) is 32.4 Å². The lowest BCUT2D eigenvalue weighted by Gasteiger charge is -2.25. The average molecular weight is 228 g/mol. The first-order valence-corrected chi connectivity index (χ1v) is 6.65. The molecule has 3 nitrogen and oxygen atoms in total. The zero-order valence-electron chi connectivity index (χ0n) is 10.9. The lowest BCUT2D eigenvalue weighted by atomic mass is 9.98. The zero-order valence-corrected chi connectivity index (χ0v) is 10.9. The third-order valence-corrected chi connectivity index (χ3v) is 3.69. The zero-order chi connectivity index (χ0) is 12.0. The second-order valence-electron chi connectivity index (χ2n) is 5.79. The van der Waals surface area contributed by atoms with Gasteiger partial charge in [-0.25, -0.2) is 0 Å². The molecule has 16 heavy (non-hydrogen) atoms. The highest BCUT2D eigenvalue weighted by Crippen LogP contribution is 2.17. The number of nitrogens with two attached hydrogens (primary N) is 1. The summed E-state index contributed by atoms with van der Waals surface area (Å²) in [6.07, 6.45) is 6.06. The van der Waals surface area contributed by atoms with Gasteiger partial charge < -0.3 is 15.7 Å². The van der Waals surface area contributed by atoms with Crippen LogP contribution in [-0.2, 0) is 0 Å². The number of likely N-dealkylation sites (tertiary alicyclic amines) is 1. The number of hydrogen-bond acceptors (Lipinski definition) is 3. The van der Waals surface area contributed by atoms with Crippen LogP contribution < -0.4 is 5.73 Å². The number of rotatable bonds is 5. The molecule has 0 bridgehead atoms. The lowest BCUT2D eigenvalue weighted by Crippen LogP contribution is -2.41. The Morgan fingerprint density at radius 1 is 1.38 bits per heavy atom. The van der Waals surface area contributed by atoms with Crippen LogP contribution in [0.2, 0.25) is 0 Å². The van der Waals surface area contributed by atoms with Gasteiger partial charge in [-0.05, 0) is 64.6 Å². The van der Waals surface area contributed by atoms with Gasteiger partial charge in [0.15, 0.2) is 0 Å². The average Bonchev–Trinajstić information content (AvgIpc) is 2.44. The lowest BCUT2D eigenvalue weighted by molar-refractivity contribution is 0.188. The van der Waals surface area contributed by atoms with E-state index < -0.39 is 0 Å². The van der Waals surface area contributed by atoms with Crippen molar-refractivity contribution in [1.29, 1.82) is 0 Å². The summed E-state index contributed by atoms with van der Waals surface area (Å²) in [6, 6.07) is 0. The molecule has 2 unspecified atom stereocenters. The van der Waals surface area contributed by atoms with Gasteiger partial charge in [0.2, 0.25) is 0 Å². The molecule has 3 heteroatoms. The van der Waals surface area contributed by atoms with Crippen molar-refractivity contribution in [3.8, 4) is 0 Å². The van der Waals surface area contributed by atoms with Crippen molar-refractivity contribution in [1.82, 2.24) is 4.90 Å². The molecule has 0 aliphatic carbocycles. The Labute approximate surface area is 100 Å². The van der Waals surface area contributed by atoms with Crippen LogP contribution in [0.25, 0.3) is 0 Å². The molecule has 0 saturated carbocycles. The summed E-state index contributed by atoms with van der Waals surface area (Å²) in [7, 11) is 0. The maximum Gasteiger partial charge on any atom is 0.0608 e. The quantitative estimate of drug-likeness (QED) is 0.751. The van der Waals surface area contributed by atoms with Crippen LogP contribution in [0.4, 0.5) is 0 Å². The standard InChI is InChI=1S/C13H28N2O/c1-12-5-3-8-15(10-6-12)9-4-7-13(2,14)11-16/h12,16H,3-11,14H2,1-2H3. The Kier molecular flexibility index (Phi) is 5.73. The minimum Gasteiger partial charge on any atom is -0.394 e. The van der Waals surface area contributed by atoms with Crippen LogP contribution >= 0.6 is 0 Å². The van der Waals surface area contributed by atoms with Crippen LogP contribution in [0.3, 0.4) is 0 Å². The van der Waals surface area contributed by atoms with Gasteiger partial charge in [-0.3, -0.25) is 0 Å². The highest BCUT2D eigenvalue weighted by molar-refractivity contribution is 4.78. The van der Waals surface area contributed by atoms with Crippen molar-refractivity contribution in [3.63, 3.8) is 0 Å².